The molecule has 1 heterocycles. The van der Waals surface area contributed by atoms with Crippen molar-refractivity contribution in [1.29, 1.82) is 0 Å². The van der Waals surface area contributed by atoms with Crippen LogP contribution in [0.2, 0.25) is 0 Å². The van der Waals surface area contributed by atoms with E-state index in [2.05, 4.69) is 61.7 Å². The van der Waals surface area contributed by atoms with Crippen molar-refractivity contribution in [1.82, 2.24) is 9.97 Å². The third-order valence-corrected chi connectivity index (χ3v) is 2.86. The van der Waals surface area contributed by atoms with Crippen molar-refractivity contribution in [2.75, 3.05) is 23.3 Å². The molecule has 0 amide bonds. The average molecular weight is 250 g/mol. The van der Waals surface area contributed by atoms with E-state index in [9.17, 15) is 0 Å². The summed E-state index contributed by atoms with van der Waals surface area (Å²) in [5.41, 5.74) is 1.13. The Labute approximate surface area is 111 Å². The summed E-state index contributed by atoms with van der Waals surface area (Å²) in [7, 11) is 0. The van der Waals surface area contributed by atoms with Crippen molar-refractivity contribution in [2.24, 2.45) is 5.92 Å². The minimum Gasteiger partial charge on any atom is -0.370 e. The Hall–Kier alpha value is -1.32. The van der Waals surface area contributed by atoms with Crippen molar-refractivity contribution in [3.63, 3.8) is 0 Å². The Morgan fingerprint density at radius 1 is 1.22 bits per heavy atom. The lowest BCUT2D eigenvalue weighted by molar-refractivity contribution is 0.564. The zero-order valence-corrected chi connectivity index (χ0v) is 12.5. The Morgan fingerprint density at radius 3 is 2.39 bits per heavy atom. The van der Waals surface area contributed by atoms with Crippen molar-refractivity contribution >= 4 is 11.6 Å². The summed E-state index contributed by atoms with van der Waals surface area (Å²) in [6.45, 7) is 14.9. The molecule has 0 fully saturated rings. The summed E-state index contributed by atoms with van der Waals surface area (Å²) < 4.78 is 0. The van der Waals surface area contributed by atoms with Crippen LogP contribution in [0.15, 0.2) is 6.33 Å². The SMILES string of the molecule is CCNc1ncnc(N(CC(C)C)C(C)C)c1C. The van der Waals surface area contributed by atoms with E-state index in [1.165, 1.54) is 0 Å². The standard InChI is InChI=1S/C14H26N4/c1-7-15-13-12(6)14(17-9-16-13)18(11(4)5)8-10(2)3/h9-11H,7-8H2,1-6H3,(H,15,16,17). The zero-order chi connectivity index (χ0) is 13.7. The minimum atomic E-state index is 0.440. The Balaban J connectivity index is 3.08. The van der Waals surface area contributed by atoms with Gasteiger partial charge in [0, 0.05) is 24.7 Å². The van der Waals surface area contributed by atoms with Crippen LogP contribution in [0.3, 0.4) is 0 Å². The lowest BCUT2D eigenvalue weighted by Crippen LogP contribution is -2.35. The summed E-state index contributed by atoms with van der Waals surface area (Å²) in [6.07, 6.45) is 1.65. The van der Waals surface area contributed by atoms with Gasteiger partial charge in [-0.25, -0.2) is 9.97 Å². The lowest BCUT2D eigenvalue weighted by atomic mass is 10.1. The summed E-state index contributed by atoms with van der Waals surface area (Å²) in [5.74, 6) is 2.60. The molecular formula is C14H26N4. The van der Waals surface area contributed by atoms with Crippen LogP contribution >= 0.6 is 0 Å². The second kappa shape index (κ2) is 6.57. The van der Waals surface area contributed by atoms with Crippen molar-refractivity contribution < 1.29 is 0 Å². The summed E-state index contributed by atoms with van der Waals surface area (Å²) in [4.78, 5) is 11.1. The topological polar surface area (TPSA) is 41.1 Å². The van der Waals surface area contributed by atoms with Gasteiger partial charge in [0.15, 0.2) is 0 Å². The molecule has 0 saturated carbocycles. The van der Waals surface area contributed by atoms with E-state index < -0.39 is 0 Å². The predicted molar refractivity (Wildman–Crippen MR) is 78.3 cm³/mol. The van der Waals surface area contributed by atoms with Gasteiger partial charge in [0.25, 0.3) is 0 Å². The first-order valence-corrected chi connectivity index (χ1v) is 6.79. The molecule has 0 radical (unpaired) electrons. The molecule has 4 heteroatoms. The maximum atomic E-state index is 4.47. The largest absolute Gasteiger partial charge is 0.370 e. The van der Waals surface area contributed by atoms with Gasteiger partial charge in [-0.15, -0.1) is 0 Å². The first-order valence-electron chi connectivity index (χ1n) is 6.79. The molecule has 0 unspecified atom stereocenters. The minimum absolute atomic E-state index is 0.440. The number of nitrogens with one attached hydrogen (secondary N) is 1. The van der Waals surface area contributed by atoms with Crippen LogP contribution in [0.5, 0.6) is 0 Å². The van der Waals surface area contributed by atoms with Crippen LogP contribution in [-0.4, -0.2) is 29.1 Å². The van der Waals surface area contributed by atoms with Gasteiger partial charge in [-0.05, 0) is 33.6 Å². The maximum Gasteiger partial charge on any atom is 0.137 e. The fourth-order valence-corrected chi connectivity index (χ4v) is 2.01. The number of anilines is 2. The number of nitrogens with zero attached hydrogens (tertiary/aromatic N) is 3. The van der Waals surface area contributed by atoms with Gasteiger partial charge in [-0.2, -0.15) is 0 Å². The zero-order valence-electron chi connectivity index (χ0n) is 12.5. The summed E-state index contributed by atoms with van der Waals surface area (Å²) >= 11 is 0. The highest BCUT2D eigenvalue weighted by atomic mass is 15.2. The number of rotatable bonds is 6. The highest BCUT2D eigenvalue weighted by Crippen LogP contribution is 2.24. The molecule has 0 atom stereocenters. The maximum absolute atomic E-state index is 4.47. The van der Waals surface area contributed by atoms with Crippen LogP contribution in [0, 0.1) is 12.8 Å². The molecule has 0 aliphatic rings. The van der Waals surface area contributed by atoms with Crippen molar-refractivity contribution in [3.05, 3.63) is 11.9 Å². The lowest BCUT2D eigenvalue weighted by Gasteiger charge is -2.31. The highest BCUT2D eigenvalue weighted by molar-refractivity contribution is 5.58. The fraction of sp³-hybridized carbons (Fsp3) is 0.714. The smallest absolute Gasteiger partial charge is 0.137 e. The van der Waals surface area contributed by atoms with Crippen LogP contribution in [-0.2, 0) is 0 Å². The number of hydrogen-bond donors (Lipinski definition) is 1. The monoisotopic (exact) mass is 250 g/mol. The van der Waals surface area contributed by atoms with E-state index in [0.29, 0.717) is 12.0 Å². The molecular weight excluding hydrogens is 224 g/mol. The first-order chi connectivity index (χ1) is 8.47. The summed E-state index contributed by atoms with van der Waals surface area (Å²) in [5, 5.41) is 3.29. The molecule has 0 spiro atoms. The van der Waals surface area contributed by atoms with Gasteiger partial charge < -0.3 is 10.2 Å². The van der Waals surface area contributed by atoms with Crippen molar-refractivity contribution in [3.8, 4) is 0 Å². The highest BCUT2D eigenvalue weighted by Gasteiger charge is 2.17. The second-order valence-corrected chi connectivity index (χ2v) is 5.34. The second-order valence-electron chi connectivity index (χ2n) is 5.34. The normalized spacial score (nSPS) is 11.1. The van der Waals surface area contributed by atoms with E-state index in [1.54, 1.807) is 6.33 Å². The van der Waals surface area contributed by atoms with Crippen LogP contribution in [0.25, 0.3) is 0 Å². The molecule has 18 heavy (non-hydrogen) atoms. The number of aromatic nitrogens is 2. The molecule has 0 aliphatic carbocycles. The average Bonchev–Trinajstić information content (AvgIpc) is 2.29. The van der Waals surface area contributed by atoms with Gasteiger partial charge in [0.2, 0.25) is 0 Å². The van der Waals surface area contributed by atoms with Gasteiger partial charge in [-0.1, -0.05) is 13.8 Å². The molecule has 0 aliphatic heterocycles. The van der Waals surface area contributed by atoms with E-state index in [-0.39, 0.29) is 0 Å². The van der Waals surface area contributed by atoms with Crippen LogP contribution in [0.1, 0.15) is 40.2 Å². The van der Waals surface area contributed by atoms with Gasteiger partial charge in [0.1, 0.15) is 18.0 Å². The summed E-state index contributed by atoms with van der Waals surface area (Å²) in [6, 6.07) is 0.440. The quantitative estimate of drug-likeness (QED) is 0.842. The van der Waals surface area contributed by atoms with Gasteiger partial charge in [-0.3, -0.25) is 0 Å². The molecule has 1 aromatic heterocycles. The first kappa shape index (κ1) is 14.7. The van der Waals surface area contributed by atoms with Crippen LogP contribution in [0.4, 0.5) is 11.6 Å². The Bertz CT molecular complexity index is 374. The molecule has 0 saturated heterocycles. The van der Waals surface area contributed by atoms with E-state index in [4.69, 9.17) is 0 Å². The van der Waals surface area contributed by atoms with Crippen molar-refractivity contribution in [2.45, 2.75) is 47.6 Å². The molecule has 0 aromatic carbocycles. The third kappa shape index (κ3) is 3.59. The molecule has 1 aromatic rings. The number of hydrogen-bond acceptors (Lipinski definition) is 4. The predicted octanol–water partition coefficient (Wildman–Crippen LogP) is 3.09. The molecule has 0 bridgehead atoms. The van der Waals surface area contributed by atoms with E-state index >= 15 is 0 Å². The fourth-order valence-electron chi connectivity index (χ4n) is 2.01. The van der Waals surface area contributed by atoms with Gasteiger partial charge >= 0.3 is 0 Å². The van der Waals surface area contributed by atoms with Gasteiger partial charge in [0.05, 0.1) is 0 Å². The van der Waals surface area contributed by atoms with E-state index in [0.717, 1.165) is 30.3 Å². The Morgan fingerprint density at radius 2 is 1.89 bits per heavy atom. The van der Waals surface area contributed by atoms with Crippen LogP contribution < -0.4 is 10.2 Å². The molecule has 1 N–H and O–H groups in total. The molecule has 102 valence electrons. The molecule has 1 rings (SSSR count). The van der Waals surface area contributed by atoms with E-state index in [1.807, 2.05) is 0 Å². The molecule has 4 nitrogen and oxygen atoms in total. The third-order valence-electron chi connectivity index (χ3n) is 2.86. The Kier molecular flexibility index (Phi) is 5.38.